The Morgan fingerprint density at radius 2 is 1.91 bits per heavy atom. The number of aromatic nitrogens is 3. The fraction of sp³-hybridized carbons (Fsp3) is 0.120. The molecule has 34 heavy (non-hydrogen) atoms. The number of hydrogen-bond acceptors (Lipinski definition) is 5. The molecule has 0 unspecified atom stereocenters. The zero-order valence-corrected chi connectivity index (χ0v) is 19.0. The largest absolute Gasteiger partial charge is 0.501 e. The molecule has 0 spiro atoms. The van der Waals surface area contributed by atoms with E-state index in [1.807, 2.05) is 25.1 Å². The maximum absolute atomic E-state index is 12.7. The van der Waals surface area contributed by atoms with Gasteiger partial charge >= 0.3 is 0 Å². The predicted octanol–water partition coefficient (Wildman–Crippen LogP) is 3.24. The third-order valence-electron chi connectivity index (χ3n) is 5.25. The lowest BCUT2D eigenvalue weighted by Crippen LogP contribution is -2.26. The van der Waals surface area contributed by atoms with Crippen molar-refractivity contribution >= 4 is 17.5 Å². The minimum absolute atomic E-state index is 0.119. The molecule has 4 aromatic rings. The van der Waals surface area contributed by atoms with Crippen LogP contribution in [0, 0.1) is 6.92 Å². The highest BCUT2D eigenvalue weighted by Gasteiger charge is 2.18. The first-order valence-corrected chi connectivity index (χ1v) is 10.8. The van der Waals surface area contributed by atoms with Crippen LogP contribution in [0.1, 0.15) is 27.2 Å². The molecule has 0 atom stereocenters. The van der Waals surface area contributed by atoms with E-state index in [9.17, 15) is 19.5 Å². The minimum atomic E-state index is -0.835. The molecule has 0 radical (unpaired) electrons. The molecule has 172 valence electrons. The first-order chi connectivity index (χ1) is 16.3. The van der Waals surface area contributed by atoms with Gasteiger partial charge in [-0.05, 0) is 41.8 Å². The first-order valence-electron chi connectivity index (χ1n) is 10.4. The van der Waals surface area contributed by atoms with E-state index in [1.54, 1.807) is 47.2 Å². The lowest BCUT2D eigenvalue weighted by Gasteiger charge is -2.10. The third-order valence-corrected chi connectivity index (χ3v) is 5.66. The number of aromatic hydroxyl groups is 1. The second kappa shape index (κ2) is 9.76. The van der Waals surface area contributed by atoms with Crippen molar-refractivity contribution in [3.63, 3.8) is 0 Å². The van der Waals surface area contributed by atoms with Gasteiger partial charge in [0, 0.05) is 29.4 Å². The number of aryl methyl sites for hydroxylation is 1. The van der Waals surface area contributed by atoms with Gasteiger partial charge in [-0.15, -0.1) is 0 Å². The molecule has 8 nitrogen and oxygen atoms in total. The molecule has 4 rings (SSSR count). The normalized spacial score (nSPS) is 10.8. The Morgan fingerprint density at radius 3 is 2.68 bits per heavy atom. The van der Waals surface area contributed by atoms with Gasteiger partial charge in [-0.25, -0.2) is 4.98 Å². The van der Waals surface area contributed by atoms with Gasteiger partial charge < -0.3 is 20.0 Å². The summed E-state index contributed by atoms with van der Waals surface area (Å²) in [6, 6.07) is 17.3. The first kappa shape index (κ1) is 23.0. The van der Waals surface area contributed by atoms with Crippen molar-refractivity contribution in [2.24, 2.45) is 0 Å². The van der Waals surface area contributed by atoms with Crippen molar-refractivity contribution in [1.29, 1.82) is 0 Å². The molecule has 0 saturated carbocycles. The van der Waals surface area contributed by atoms with Crippen molar-refractivity contribution in [3.8, 4) is 17.1 Å². The van der Waals surface area contributed by atoms with E-state index in [1.165, 1.54) is 6.07 Å². The summed E-state index contributed by atoms with van der Waals surface area (Å²) in [4.78, 5) is 43.7. The van der Waals surface area contributed by atoms with Crippen molar-refractivity contribution in [1.82, 2.24) is 19.9 Å². The minimum Gasteiger partial charge on any atom is -0.501 e. The highest BCUT2D eigenvalue weighted by atomic mass is 35.5. The Bertz CT molecular complexity index is 1490. The van der Waals surface area contributed by atoms with Gasteiger partial charge in [0.2, 0.25) is 5.75 Å². The molecule has 0 bridgehead atoms. The number of hydrogen-bond donors (Lipinski definition) is 3. The van der Waals surface area contributed by atoms with Gasteiger partial charge in [0.15, 0.2) is 5.69 Å². The fourth-order valence-electron chi connectivity index (χ4n) is 3.38. The zero-order valence-electron chi connectivity index (χ0n) is 18.2. The van der Waals surface area contributed by atoms with E-state index in [4.69, 9.17) is 11.6 Å². The van der Waals surface area contributed by atoms with E-state index in [-0.39, 0.29) is 23.6 Å². The molecule has 9 heteroatoms. The van der Waals surface area contributed by atoms with E-state index in [0.29, 0.717) is 17.1 Å². The van der Waals surface area contributed by atoms with Gasteiger partial charge in [-0.1, -0.05) is 48.0 Å². The molecule has 0 fully saturated rings. The van der Waals surface area contributed by atoms with Crippen molar-refractivity contribution in [2.45, 2.75) is 20.0 Å². The van der Waals surface area contributed by atoms with Gasteiger partial charge in [0.25, 0.3) is 17.0 Å². The quantitative estimate of drug-likeness (QED) is 0.395. The molecular weight excluding hydrogens is 456 g/mol. The maximum atomic E-state index is 12.7. The van der Waals surface area contributed by atoms with Gasteiger partial charge in [-0.2, -0.15) is 0 Å². The maximum Gasteiger partial charge on any atom is 0.294 e. The molecule has 0 saturated heterocycles. The lowest BCUT2D eigenvalue weighted by molar-refractivity contribution is 0.0942. The van der Waals surface area contributed by atoms with Crippen LogP contribution in [0.5, 0.6) is 5.75 Å². The van der Waals surface area contributed by atoms with Gasteiger partial charge in [-0.3, -0.25) is 14.4 Å². The van der Waals surface area contributed by atoms with Crippen LogP contribution < -0.4 is 16.4 Å². The monoisotopic (exact) mass is 476 g/mol. The molecule has 3 N–H and O–H groups in total. The number of halogens is 1. The van der Waals surface area contributed by atoms with E-state index < -0.39 is 17.2 Å². The Kier molecular flexibility index (Phi) is 6.60. The van der Waals surface area contributed by atoms with Crippen LogP contribution in [0.15, 0.2) is 76.4 Å². The number of H-pyrrole nitrogens is 1. The standard InChI is InChI=1S/C25H21ClN4O4/c1-15-8-9-16(12-19(15)26)13-27-24(33)21-22(32)25(34)29-23(28-21)18-6-4-5-17(11-18)14-30-10-3-2-7-20(30)31/h2-12,32H,13-14H2,1H3,(H,27,33)(H,28,29,34). The average molecular weight is 477 g/mol. The molecule has 2 aromatic heterocycles. The van der Waals surface area contributed by atoms with Crippen LogP contribution >= 0.6 is 11.6 Å². The van der Waals surface area contributed by atoms with Gasteiger partial charge in [0.05, 0.1) is 6.54 Å². The molecule has 2 aromatic carbocycles. The number of pyridine rings is 1. The van der Waals surface area contributed by atoms with Crippen LogP contribution in [-0.2, 0) is 13.1 Å². The highest BCUT2D eigenvalue weighted by molar-refractivity contribution is 6.31. The number of aromatic amines is 1. The van der Waals surface area contributed by atoms with Crippen LogP contribution in [0.25, 0.3) is 11.4 Å². The SMILES string of the molecule is Cc1ccc(CNC(=O)c2nc(-c3cccc(Cn4ccccc4=O)c3)[nH]c(=O)c2O)cc1Cl. The molecular formula is C25H21ClN4O4. The fourth-order valence-corrected chi connectivity index (χ4v) is 3.58. The highest BCUT2D eigenvalue weighted by Crippen LogP contribution is 2.20. The summed E-state index contributed by atoms with van der Waals surface area (Å²) < 4.78 is 1.54. The van der Waals surface area contributed by atoms with E-state index in [2.05, 4.69) is 15.3 Å². The summed E-state index contributed by atoms with van der Waals surface area (Å²) in [5.74, 6) is -1.35. The van der Waals surface area contributed by atoms with Crippen LogP contribution in [0.2, 0.25) is 5.02 Å². The van der Waals surface area contributed by atoms with Crippen LogP contribution in [0.4, 0.5) is 0 Å². The summed E-state index contributed by atoms with van der Waals surface area (Å²) in [6.45, 7) is 2.34. The number of carbonyl (C=O) groups is 1. The predicted molar refractivity (Wildman–Crippen MR) is 129 cm³/mol. The van der Waals surface area contributed by atoms with Crippen molar-refractivity contribution in [3.05, 3.63) is 115 Å². The molecule has 2 heterocycles. The summed E-state index contributed by atoms with van der Waals surface area (Å²) in [6.07, 6.45) is 1.68. The number of benzene rings is 2. The summed E-state index contributed by atoms with van der Waals surface area (Å²) in [5, 5.41) is 13.4. The van der Waals surface area contributed by atoms with Gasteiger partial charge in [0.1, 0.15) is 5.82 Å². The van der Waals surface area contributed by atoms with Crippen molar-refractivity contribution < 1.29 is 9.90 Å². The Morgan fingerprint density at radius 1 is 1.09 bits per heavy atom. The van der Waals surface area contributed by atoms with Crippen LogP contribution in [-0.4, -0.2) is 25.5 Å². The number of nitrogens with zero attached hydrogens (tertiary/aromatic N) is 2. The number of rotatable bonds is 6. The second-order valence-corrected chi connectivity index (χ2v) is 8.15. The molecule has 0 aliphatic carbocycles. The molecule has 0 aliphatic heterocycles. The number of carbonyl (C=O) groups excluding carboxylic acids is 1. The summed E-state index contributed by atoms with van der Waals surface area (Å²) in [7, 11) is 0. The number of nitrogens with one attached hydrogen (secondary N) is 2. The molecule has 1 amide bonds. The molecule has 0 aliphatic rings. The Hall–Kier alpha value is -4.17. The van der Waals surface area contributed by atoms with E-state index >= 15 is 0 Å². The second-order valence-electron chi connectivity index (χ2n) is 7.75. The van der Waals surface area contributed by atoms with Crippen LogP contribution in [0.3, 0.4) is 0 Å². The van der Waals surface area contributed by atoms with Crippen molar-refractivity contribution in [2.75, 3.05) is 0 Å². The Balaban J connectivity index is 1.59. The smallest absolute Gasteiger partial charge is 0.294 e. The topological polar surface area (TPSA) is 117 Å². The number of amides is 1. The zero-order chi connectivity index (χ0) is 24.2. The summed E-state index contributed by atoms with van der Waals surface area (Å²) >= 11 is 6.12. The Labute approximate surface area is 199 Å². The summed E-state index contributed by atoms with van der Waals surface area (Å²) in [5.41, 5.74) is 1.63. The lowest BCUT2D eigenvalue weighted by atomic mass is 10.1. The third kappa shape index (κ3) is 5.07. The average Bonchev–Trinajstić information content (AvgIpc) is 2.83. The van der Waals surface area contributed by atoms with E-state index in [0.717, 1.165) is 16.7 Å².